The maximum atomic E-state index is 12.5. The largest absolute Gasteiger partial charge is 0.416 e. The number of hydrogen-bond acceptors (Lipinski definition) is 3. The highest BCUT2D eigenvalue weighted by Gasteiger charge is 2.59. The minimum Gasteiger partial charge on any atom is -0.416 e. The van der Waals surface area contributed by atoms with Gasteiger partial charge in [0.2, 0.25) is 0 Å². The maximum Gasteiger partial charge on any atom is 0.192 e. The predicted molar refractivity (Wildman–Crippen MR) is 90.5 cm³/mol. The number of benzene rings is 1. The summed E-state index contributed by atoms with van der Waals surface area (Å²) >= 11 is 0. The number of hydrogen-bond donors (Lipinski definition) is 0. The van der Waals surface area contributed by atoms with Crippen molar-refractivity contribution in [2.75, 3.05) is 6.61 Å². The lowest BCUT2D eigenvalue weighted by atomic mass is 10.0. The highest BCUT2D eigenvalue weighted by Crippen LogP contribution is 2.53. The van der Waals surface area contributed by atoms with Gasteiger partial charge in [-0.1, -0.05) is 51.1 Å². The van der Waals surface area contributed by atoms with E-state index in [1.54, 1.807) is 0 Å². The molecule has 1 fully saturated rings. The first-order valence-corrected chi connectivity index (χ1v) is 10.7. The summed E-state index contributed by atoms with van der Waals surface area (Å²) in [6.45, 7) is 11.2. The topological polar surface area (TPSA) is 43.4 Å². The summed E-state index contributed by atoms with van der Waals surface area (Å²) in [5, 5.41) is 0.102. The molecular formula is C18H26O3Si. The van der Waals surface area contributed by atoms with Crippen molar-refractivity contribution in [3.63, 3.8) is 0 Å². The zero-order chi connectivity index (χ0) is 16.6. The second-order valence-corrected chi connectivity index (χ2v) is 12.7. The van der Waals surface area contributed by atoms with Gasteiger partial charge in [0.15, 0.2) is 14.1 Å². The minimum absolute atomic E-state index is 0.0616. The van der Waals surface area contributed by atoms with E-state index in [2.05, 4.69) is 33.9 Å². The van der Waals surface area contributed by atoms with Crippen LogP contribution in [0.3, 0.4) is 0 Å². The average molecular weight is 318 g/mol. The van der Waals surface area contributed by atoms with Crippen LogP contribution >= 0.6 is 0 Å². The fourth-order valence-electron chi connectivity index (χ4n) is 2.33. The lowest BCUT2D eigenvalue weighted by molar-refractivity contribution is -0.113. The van der Waals surface area contributed by atoms with Crippen LogP contribution in [0.5, 0.6) is 0 Å². The van der Waals surface area contributed by atoms with Crippen LogP contribution in [0.2, 0.25) is 18.1 Å². The van der Waals surface area contributed by atoms with Crippen LogP contribution in [0, 0.1) is 11.3 Å². The van der Waals surface area contributed by atoms with Gasteiger partial charge in [0.05, 0.1) is 5.41 Å². The van der Waals surface area contributed by atoms with E-state index in [0.29, 0.717) is 18.6 Å². The van der Waals surface area contributed by atoms with Crippen molar-refractivity contribution in [1.82, 2.24) is 0 Å². The molecule has 4 heteroatoms. The minimum atomic E-state index is -1.90. The standard InChI is InChI=1S/C18H26O3Si/c1-17(2,3)22(4,5)21-13-18(12-19)11-15(18)16(20)14-9-7-6-8-10-14/h6-10,12,15H,11,13H2,1-5H3. The van der Waals surface area contributed by atoms with Crippen LogP contribution < -0.4 is 0 Å². The van der Waals surface area contributed by atoms with E-state index < -0.39 is 13.7 Å². The quantitative estimate of drug-likeness (QED) is 0.450. The Kier molecular flexibility index (Phi) is 4.46. The Bertz CT molecular complexity index is 559. The van der Waals surface area contributed by atoms with Gasteiger partial charge in [0.25, 0.3) is 0 Å². The fourth-order valence-corrected chi connectivity index (χ4v) is 3.40. The summed E-state index contributed by atoms with van der Waals surface area (Å²) in [5.74, 6) is -0.163. The number of rotatable bonds is 6. The Morgan fingerprint density at radius 3 is 2.41 bits per heavy atom. The van der Waals surface area contributed by atoms with E-state index in [4.69, 9.17) is 4.43 Å². The van der Waals surface area contributed by atoms with Crippen LogP contribution in [0.1, 0.15) is 37.6 Å². The number of carbonyl (C=O) groups is 2. The molecule has 0 radical (unpaired) electrons. The first kappa shape index (κ1) is 17.1. The van der Waals surface area contributed by atoms with E-state index >= 15 is 0 Å². The van der Waals surface area contributed by atoms with Crippen molar-refractivity contribution in [2.24, 2.45) is 11.3 Å². The van der Waals surface area contributed by atoms with Gasteiger partial charge in [-0.05, 0) is 24.6 Å². The van der Waals surface area contributed by atoms with Gasteiger partial charge in [-0.15, -0.1) is 0 Å². The van der Waals surface area contributed by atoms with Crippen molar-refractivity contribution in [1.29, 1.82) is 0 Å². The van der Waals surface area contributed by atoms with E-state index in [-0.39, 0.29) is 16.7 Å². The average Bonchev–Trinajstić information content (AvgIpc) is 3.19. The smallest absolute Gasteiger partial charge is 0.192 e. The Morgan fingerprint density at radius 2 is 1.91 bits per heavy atom. The van der Waals surface area contributed by atoms with Crippen molar-refractivity contribution in [3.8, 4) is 0 Å². The van der Waals surface area contributed by atoms with Gasteiger partial charge in [0, 0.05) is 18.1 Å². The Hall–Kier alpha value is -1.26. The van der Waals surface area contributed by atoms with Gasteiger partial charge < -0.3 is 9.22 Å². The predicted octanol–water partition coefficient (Wildman–Crippen LogP) is 4.10. The summed E-state index contributed by atoms with van der Waals surface area (Å²) < 4.78 is 6.18. The first-order valence-electron chi connectivity index (χ1n) is 7.82. The third kappa shape index (κ3) is 3.23. The molecule has 1 aromatic rings. The summed E-state index contributed by atoms with van der Waals surface area (Å²) in [5.41, 5.74) is 0.0752. The van der Waals surface area contributed by atoms with Crippen LogP contribution in [-0.2, 0) is 9.22 Å². The molecule has 22 heavy (non-hydrogen) atoms. The number of ketones is 1. The molecule has 1 aromatic carbocycles. The second-order valence-electron chi connectivity index (χ2n) is 7.89. The molecule has 120 valence electrons. The van der Waals surface area contributed by atoms with Gasteiger partial charge in [-0.25, -0.2) is 0 Å². The molecule has 2 unspecified atom stereocenters. The first-order chi connectivity index (χ1) is 10.1. The fraction of sp³-hybridized carbons (Fsp3) is 0.556. The monoisotopic (exact) mass is 318 g/mol. The molecule has 0 bridgehead atoms. The lowest BCUT2D eigenvalue weighted by Gasteiger charge is -2.37. The molecule has 3 nitrogen and oxygen atoms in total. The van der Waals surface area contributed by atoms with Crippen molar-refractivity contribution >= 4 is 20.4 Å². The molecule has 0 aromatic heterocycles. The van der Waals surface area contributed by atoms with Crippen molar-refractivity contribution in [3.05, 3.63) is 35.9 Å². The molecular weight excluding hydrogens is 292 g/mol. The highest BCUT2D eigenvalue weighted by molar-refractivity contribution is 6.74. The Labute approximate surface area is 134 Å². The van der Waals surface area contributed by atoms with Gasteiger partial charge in [-0.2, -0.15) is 0 Å². The van der Waals surface area contributed by atoms with Crippen molar-refractivity contribution in [2.45, 2.75) is 45.3 Å². The lowest BCUT2D eigenvalue weighted by Crippen LogP contribution is -2.42. The molecule has 0 saturated heterocycles. The van der Waals surface area contributed by atoms with E-state index in [0.717, 1.165) is 6.29 Å². The third-order valence-electron chi connectivity index (χ3n) is 5.24. The van der Waals surface area contributed by atoms with Gasteiger partial charge in [-0.3, -0.25) is 4.79 Å². The molecule has 0 amide bonds. The Morgan fingerprint density at radius 1 is 1.32 bits per heavy atom. The van der Waals surface area contributed by atoms with Crippen LogP contribution in [0.25, 0.3) is 0 Å². The summed E-state index contributed by atoms with van der Waals surface area (Å²) in [7, 11) is -1.90. The van der Waals surface area contributed by atoms with Crippen LogP contribution in [0.15, 0.2) is 30.3 Å². The SMILES string of the molecule is CC(C)(C)[Si](C)(C)OCC1(C=O)CC1C(=O)c1ccccc1. The normalized spacial score (nSPS) is 24.9. The zero-order valence-electron chi connectivity index (χ0n) is 14.2. The number of carbonyl (C=O) groups excluding carboxylic acids is 2. The molecule has 2 atom stereocenters. The van der Waals surface area contributed by atoms with Crippen molar-refractivity contribution < 1.29 is 14.0 Å². The van der Waals surface area contributed by atoms with Crippen LogP contribution in [0.4, 0.5) is 0 Å². The summed E-state index contributed by atoms with van der Waals surface area (Å²) in [6, 6.07) is 9.21. The molecule has 2 rings (SSSR count). The van der Waals surface area contributed by atoms with Gasteiger partial charge >= 0.3 is 0 Å². The summed E-state index contributed by atoms with van der Waals surface area (Å²) in [4.78, 5) is 24.1. The third-order valence-corrected chi connectivity index (χ3v) is 9.71. The highest BCUT2D eigenvalue weighted by atomic mass is 28.4. The molecule has 0 N–H and O–H groups in total. The number of Topliss-reactive ketones (excluding diaryl/α,β-unsaturated/α-hetero) is 1. The molecule has 0 spiro atoms. The van der Waals surface area contributed by atoms with E-state index in [1.165, 1.54) is 0 Å². The molecule has 1 saturated carbocycles. The number of aldehydes is 1. The molecule has 0 heterocycles. The maximum absolute atomic E-state index is 12.5. The Balaban J connectivity index is 2.05. The molecule has 0 aliphatic heterocycles. The molecule has 1 aliphatic carbocycles. The molecule has 1 aliphatic rings. The van der Waals surface area contributed by atoms with E-state index in [1.807, 2.05) is 30.3 Å². The van der Waals surface area contributed by atoms with Crippen LogP contribution in [-0.4, -0.2) is 27.0 Å². The van der Waals surface area contributed by atoms with E-state index in [9.17, 15) is 9.59 Å². The van der Waals surface area contributed by atoms with Gasteiger partial charge in [0.1, 0.15) is 6.29 Å². The zero-order valence-corrected chi connectivity index (χ0v) is 15.2. The second kappa shape index (κ2) is 5.74. The summed E-state index contributed by atoms with van der Waals surface area (Å²) in [6.07, 6.45) is 1.55.